The number of aromatic nitrogens is 2. The number of aryl methyl sites for hydroxylation is 3. The van der Waals surface area contributed by atoms with Gasteiger partial charge in [0.2, 0.25) is 5.91 Å². The Morgan fingerprint density at radius 1 is 1.27 bits per heavy atom. The maximum Gasteiger partial charge on any atom is 0.222 e. The Bertz CT molecular complexity index is 587. The minimum Gasteiger partial charge on any atom is -0.342 e. The van der Waals surface area contributed by atoms with E-state index in [4.69, 9.17) is 0 Å². The second-order valence-electron chi connectivity index (χ2n) is 7.06. The zero-order chi connectivity index (χ0) is 15.7. The molecule has 0 aromatic carbocycles. The van der Waals surface area contributed by atoms with Gasteiger partial charge in [0.1, 0.15) is 0 Å². The molecule has 0 saturated carbocycles. The van der Waals surface area contributed by atoms with E-state index in [1.165, 1.54) is 17.7 Å². The van der Waals surface area contributed by atoms with Crippen LogP contribution in [0.4, 0.5) is 0 Å². The molecule has 4 nitrogen and oxygen atoms in total. The summed E-state index contributed by atoms with van der Waals surface area (Å²) in [5.41, 5.74) is 3.73. The molecular formula is C18H27N3O. The van der Waals surface area contributed by atoms with Gasteiger partial charge >= 0.3 is 0 Å². The molecule has 1 aromatic rings. The Balaban J connectivity index is 1.46. The van der Waals surface area contributed by atoms with E-state index >= 15 is 0 Å². The molecule has 1 amide bonds. The molecule has 1 saturated heterocycles. The van der Waals surface area contributed by atoms with Crippen molar-refractivity contribution in [1.29, 1.82) is 0 Å². The standard InChI is InChI=1S/C18H27N3O/c1-13-6-7-16-11-20(12-17(16)9-13)18(22)5-4-8-21-15(3)10-14(2)19-21/h6,10,16-17H,4-5,7-9,11-12H2,1-3H3/t16-,17+/m1/s1. The predicted octanol–water partition coefficient (Wildman–Crippen LogP) is 3.09. The van der Waals surface area contributed by atoms with E-state index in [0.717, 1.165) is 38.2 Å². The highest BCUT2D eigenvalue weighted by molar-refractivity contribution is 5.76. The zero-order valence-corrected chi connectivity index (χ0v) is 14.0. The molecule has 1 aromatic heterocycles. The molecule has 1 aliphatic carbocycles. The highest BCUT2D eigenvalue weighted by Gasteiger charge is 2.35. The van der Waals surface area contributed by atoms with Crippen LogP contribution in [0.2, 0.25) is 0 Å². The SMILES string of the molecule is CC1=CC[C@@H]2CN(C(=O)CCCn3nc(C)cc3C)C[C@@H]2C1. The summed E-state index contributed by atoms with van der Waals surface area (Å²) in [5.74, 6) is 1.72. The van der Waals surface area contributed by atoms with Gasteiger partial charge in [-0.1, -0.05) is 11.6 Å². The van der Waals surface area contributed by atoms with Crippen molar-refractivity contribution in [3.63, 3.8) is 0 Å². The molecule has 120 valence electrons. The fourth-order valence-electron chi connectivity index (χ4n) is 3.93. The van der Waals surface area contributed by atoms with Crippen LogP contribution in [0.3, 0.4) is 0 Å². The van der Waals surface area contributed by atoms with Crippen molar-refractivity contribution in [2.75, 3.05) is 13.1 Å². The number of amides is 1. The predicted molar refractivity (Wildman–Crippen MR) is 87.5 cm³/mol. The van der Waals surface area contributed by atoms with E-state index in [0.29, 0.717) is 24.2 Å². The third kappa shape index (κ3) is 3.26. The quantitative estimate of drug-likeness (QED) is 0.802. The second-order valence-corrected chi connectivity index (χ2v) is 7.06. The van der Waals surface area contributed by atoms with Crippen LogP contribution in [0.1, 0.15) is 44.0 Å². The van der Waals surface area contributed by atoms with Gasteiger partial charge in [-0.2, -0.15) is 5.10 Å². The van der Waals surface area contributed by atoms with Gasteiger partial charge in [0.05, 0.1) is 5.69 Å². The van der Waals surface area contributed by atoms with Crippen molar-refractivity contribution in [3.8, 4) is 0 Å². The number of hydrogen-bond donors (Lipinski definition) is 0. The summed E-state index contributed by atoms with van der Waals surface area (Å²) in [6, 6.07) is 2.09. The number of rotatable bonds is 4. The lowest BCUT2D eigenvalue weighted by Gasteiger charge is -2.21. The van der Waals surface area contributed by atoms with Crippen LogP contribution in [0.15, 0.2) is 17.7 Å². The number of carbonyl (C=O) groups is 1. The molecule has 1 aliphatic heterocycles. The van der Waals surface area contributed by atoms with Crippen molar-refractivity contribution < 1.29 is 4.79 Å². The number of likely N-dealkylation sites (tertiary alicyclic amines) is 1. The molecule has 1 fully saturated rings. The van der Waals surface area contributed by atoms with Gasteiger partial charge in [-0.15, -0.1) is 0 Å². The van der Waals surface area contributed by atoms with E-state index < -0.39 is 0 Å². The van der Waals surface area contributed by atoms with E-state index in [-0.39, 0.29) is 0 Å². The van der Waals surface area contributed by atoms with Gasteiger partial charge < -0.3 is 4.90 Å². The molecule has 0 spiro atoms. The van der Waals surface area contributed by atoms with Crippen molar-refractivity contribution >= 4 is 5.91 Å². The number of hydrogen-bond acceptors (Lipinski definition) is 2. The molecule has 0 radical (unpaired) electrons. The minimum absolute atomic E-state index is 0.327. The Labute approximate surface area is 133 Å². The summed E-state index contributed by atoms with van der Waals surface area (Å²) < 4.78 is 2.01. The summed E-state index contributed by atoms with van der Waals surface area (Å²) in [6.07, 6.45) is 6.22. The van der Waals surface area contributed by atoms with Crippen LogP contribution in [0.5, 0.6) is 0 Å². The summed E-state index contributed by atoms with van der Waals surface area (Å²) >= 11 is 0. The monoisotopic (exact) mass is 301 g/mol. The number of fused-ring (bicyclic) bond motifs is 1. The second kappa shape index (κ2) is 6.27. The highest BCUT2D eigenvalue weighted by Crippen LogP contribution is 2.35. The third-order valence-electron chi connectivity index (χ3n) is 5.15. The van der Waals surface area contributed by atoms with Crippen LogP contribution in [0, 0.1) is 25.7 Å². The molecule has 0 N–H and O–H groups in total. The number of carbonyl (C=O) groups excluding carboxylic acids is 1. The molecular weight excluding hydrogens is 274 g/mol. The first-order valence-electron chi connectivity index (χ1n) is 8.47. The van der Waals surface area contributed by atoms with Gasteiger partial charge in [-0.25, -0.2) is 0 Å². The lowest BCUT2D eigenvalue weighted by Crippen LogP contribution is -2.29. The van der Waals surface area contributed by atoms with Crippen molar-refractivity contribution in [2.45, 2.75) is 53.0 Å². The minimum atomic E-state index is 0.327. The van der Waals surface area contributed by atoms with Gasteiger partial charge in [-0.3, -0.25) is 9.48 Å². The van der Waals surface area contributed by atoms with E-state index in [1.54, 1.807) is 0 Å². The lowest BCUT2D eigenvalue weighted by atomic mass is 9.83. The average molecular weight is 301 g/mol. The first-order valence-corrected chi connectivity index (χ1v) is 8.47. The Morgan fingerprint density at radius 3 is 2.77 bits per heavy atom. The van der Waals surface area contributed by atoms with Crippen molar-refractivity contribution in [2.24, 2.45) is 11.8 Å². The number of nitrogens with zero attached hydrogens (tertiary/aromatic N) is 3. The molecule has 22 heavy (non-hydrogen) atoms. The summed E-state index contributed by atoms with van der Waals surface area (Å²) in [4.78, 5) is 14.5. The molecule has 4 heteroatoms. The normalized spacial score (nSPS) is 24.3. The molecule has 2 heterocycles. The first kappa shape index (κ1) is 15.3. The van der Waals surface area contributed by atoms with Gasteiger partial charge in [0.15, 0.2) is 0 Å². The molecule has 0 bridgehead atoms. The van der Waals surface area contributed by atoms with Crippen LogP contribution in [-0.4, -0.2) is 33.7 Å². The molecule has 2 atom stereocenters. The topological polar surface area (TPSA) is 38.1 Å². The zero-order valence-electron chi connectivity index (χ0n) is 14.0. The lowest BCUT2D eigenvalue weighted by molar-refractivity contribution is -0.130. The van der Waals surface area contributed by atoms with Crippen molar-refractivity contribution in [3.05, 3.63) is 29.1 Å². The fourth-order valence-corrected chi connectivity index (χ4v) is 3.93. The number of allylic oxidation sites excluding steroid dienone is 2. The Kier molecular flexibility index (Phi) is 4.37. The highest BCUT2D eigenvalue weighted by atomic mass is 16.2. The summed E-state index contributed by atoms with van der Waals surface area (Å²) in [6.45, 7) is 9.07. The Morgan fingerprint density at radius 2 is 2.05 bits per heavy atom. The maximum atomic E-state index is 12.4. The van der Waals surface area contributed by atoms with E-state index in [1.807, 2.05) is 11.6 Å². The molecule has 0 unspecified atom stereocenters. The summed E-state index contributed by atoms with van der Waals surface area (Å²) in [7, 11) is 0. The first-order chi connectivity index (χ1) is 10.5. The van der Waals surface area contributed by atoms with E-state index in [2.05, 4.69) is 36.0 Å². The van der Waals surface area contributed by atoms with E-state index in [9.17, 15) is 4.79 Å². The maximum absolute atomic E-state index is 12.4. The third-order valence-corrected chi connectivity index (χ3v) is 5.15. The largest absolute Gasteiger partial charge is 0.342 e. The molecule has 3 rings (SSSR count). The van der Waals surface area contributed by atoms with Crippen LogP contribution in [-0.2, 0) is 11.3 Å². The van der Waals surface area contributed by atoms with Crippen LogP contribution in [0.25, 0.3) is 0 Å². The summed E-state index contributed by atoms with van der Waals surface area (Å²) in [5, 5.41) is 4.46. The van der Waals surface area contributed by atoms with Crippen molar-refractivity contribution in [1.82, 2.24) is 14.7 Å². The van der Waals surface area contributed by atoms with Gasteiger partial charge in [0.25, 0.3) is 0 Å². The fraction of sp³-hybridized carbons (Fsp3) is 0.667. The van der Waals surface area contributed by atoms with Crippen LogP contribution >= 0.6 is 0 Å². The molecule has 2 aliphatic rings. The smallest absolute Gasteiger partial charge is 0.222 e. The average Bonchev–Trinajstić information content (AvgIpc) is 3.01. The van der Waals surface area contributed by atoms with Gasteiger partial charge in [0, 0.05) is 31.7 Å². The van der Waals surface area contributed by atoms with Gasteiger partial charge in [-0.05, 0) is 57.9 Å². The Hall–Kier alpha value is -1.58. The van der Waals surface area contributed by atoms with Crippen LogP contribution < -0.4 is 0 Å².